The highest BCUT2D eigenvalue weighted by Gasteiger charge is 2.43. The van der Waals surface area contributed by atoms with E-state index >= 15 is 13.2 Å². The summed E-state index contributed by atoms with van der Waals surface area (Å²) in [4.78, 5) is 42.4. The van der Waals surface area contributed by atoms with Crippen molar-refractivity contribution < 1.29 is 76.8 Å². The average Bonchev–Trinajstić information content (AvgIpc) is 3.62. The van der Waals surface area contributed by atoms with Crippen LogP contribution in [0.25, 0.3) is 0 Å². The van der Waals surface area contributed by atoms with Gasteiger partial charge in [0.15, 0.2) is 17.3 Å². The summed E-state index contributed by atoms with van der Waals surface area (Å²) in [6.45, 7) is 8.99. The molecule has 0 spiro atoms. The molecule has 21 heteroatoms. The molecule has 1 unspecified atom stereocenters. The number of rotatable bonds is 23. The van der Waals surface area contributed by atoms with Crippen LogP contribution in [0.1, 0.15) is 103 Å². The van der Waals surface area contributed by atoms with Crippen molar-refractivity contribution in [2.75, 3.05) is 29.5 Å². The van der Waals surface area contributed by atoms with Crippen molar-refractivity contribution in [1.82, 2.24) is 5.06 Å². The van der Waals surface area contributed by atoms with Crippen molar-refractivity contribution >= 4 is 49.4 Å². The van der Waals surface area contributed by atoms with Crippen LogP contribution in [0.4, 0.5) is 37.7 Å². The Balaban J connectivity index is 1.59. The highest BCUT2D eigenvalue weighted by atomic mass is 32.2. The van der Waals surface area contributed by atoms with E-state index in [9.17, 15) is 48.9 Å². The Morgan fingerprint density at radius 1 is 0.844 bits per heavy atom. The zero-order valence-corrected chi connectivity index (χ0v) is 37.2. The van der Waals surface area contributed by atoms with E-state index in [1.165, 1.54) is 31.2 Å². The summed E-state index contributed by atoms with van der Waals surface area (Å²) < 4.78 is 154. The second-order valence-electron chi connectivity index (χ2n) is 16.3. The summed E-state index contributed by atoms with van der Waals surface area (Å²) >= 11 is 0. The van der Waals surface area contributed by atoms with Crippen molar-refractivity contribution in [3.8, 4) is 0 Å². The van der Waals surface area contributed by atoms with E-state index in [0.29, 0.717) is 30.0 Å². The fourth-order valence-corrected chi connectivity index (χ4v) is 9.02. The van der Waals surface area contributed by atoms with Gasteiger partial charge in [-0.1, -0.05) is 64.5 Å². The summed E-state index contributed by atoms with van der Waals surface area (Å²) in [6, 6.07) is 1.99. The number of hydrogen-bond donors (Lipinski definition) is 3. The molecule has 1 atom stereocenters. The third-order valence-electron chi connectivity index (χ3n) is 11.2. The number of quaternary nitrogens is 1. The molecule has 2 amide bonds. The predicted molar refractivity (Wildman–Crippen MR) is 224 cm³/mol. The number of imide groups is 1. The van der Waals surface area contributed by atoms with Gasteiger partial charge in [-0.3, -0.25) is 18.7 Å². The Morgan fingerprint density at radius 2 is 1.45 bits per heavy atom. The number of benzene rings is 2. The predicted octanol–water partition coefficient (Wildman–Crippen LogP) is 7.22. The van der Waals surface area contributed by atoms with Gasteiger partial charge in [-0.15, -0.1) is 5.06 Å². The monoisotopic (exact) mass is 948 g/mol. The SMILES string of the molecule is C=C(C=CC=CC=C1N(CCCCCC(=O)ON2C(=O)CCC2=O)c2cc(F)cc(F)c2C1(C)C)C(C)(CCCCS(=O)(=O)O)c1c(F)c(F)c(F)c(F)c1[NH2+]CCCCS(=O)(=O)O. The first-order valence-corrected chi connectivity index (χ1v) is 23.7. The fourth-order valence-electron chi connectivity index (χ4n) is 7.88. The number of hydroxylamine groups is 2. The maximum Gasteiger partial charge on any atom is 0.333 e. The number of anilines is 1. The number of nitrogens with two attached hydrogens (primary N) is 1. The summed E-state index contributed by atoms with van der Waals surface area (Å²) in [6.07, 6.45) is 8.13. The molecule has 64 heavy (non-hydrogen) atoms. The lowest BCUT2D eigenvalue weighted by Gasteiger charge is -2.32. The van der Waals surface area contributed by atoms with Gasteiger partial charge >= 0.3 is 5.97 Å². The molecule has 0 saturated carbocycles. The van der Waals surface area contributed by atoms with Gasteiger partial charge < -0.3 is 15.1 Å². The van der Waals surface area contributed by atoms with E-state index in [4.69, 9.17) is 9.39 Å². The van der Waals surface area contributed by atoms with Gasteiger partial charge in [-0.05, 0) is 56.2 Å². The maximum atomic E-state index is 15.9. The summed E-state index contributed by atoms with van der Waals surface area (Å²) in [7, 11) is -8.74. The molecule has 352 valence electrons. The van der Waals surface area contributed by atoms with Crippen molar-refractivity contribution in [3.63, 3.8) is 0 Å². The van der Waals surface area contributed by atoms with Gasteiger partial charge in [0, 0.05) is 54.0 Å². The molecule has 1 saturated heterocycles. The van der Waals surface area contributed by atoms with Gasteiger partial charge in [0.1, 0.15) is 11.6 Å². The zero-order valence-electron chi connectivity index (χ0n) is 35.6. The number of fused-ring (bicyclic) bond motifs is 1. The number of nitrogens with zero attached hydrogens (tertiary/aromatic N) is 2. The standard InChI is InChI=1S/C43H51F6N3O10S2/c1-27(43(4,20-10-13-23-63(56,57)58)36-37(46)38(47)39(48)40(49)41(36)50-21-11-14-24-64(59,60)61)15-7-5-8-16-31-42(2,3)35-29(45)25-28(44)26-30(35)51(31)22-12-6-9-17-34(55)62-52-32(53)18-19-33(52)54/h5,7-8,15-16,25-26,50H,1,6,9-14,17-24H2,2-4H3,(H,56,57,58)(H,59,60,61)/p+1. The molecule has 2 aliphatic rings. The van der Waals surface area contributed by atoms with Crippen LogP contribution in [0, 0.1) is 34.9 Å². The van der Waals surface area contributed by atoms with Gasteiger partial charge in [0.05, 0.1) is 29.3 Å². The molecule has 2 heterocycles. The van der Waals surface area contributed by atoms with E-state index in [1.807, 2.05) is 0 Å². The smallest absolute Gasteiger partial charge is 0.333 e. The molecular weight excluding hydrogens is 897 g/mol. The van der Waals surface area contributed by atoms with E-state index in [0.717, 1.165) is 11.4 Å². The first kappa shape index (κ1) is 51.8. The molecule has 2 aliphatic heterocycles. The quantitative estimate of drug-likeness (QED) is 0.0149. The van der Waals surface area contributed by atoms with Crippen LogP contribution in [0.2, 0.25) is 0 Å². The molecule has 13 nitrogen and oxygen atoms in total. The Hall–Kier alpha value is -4.83. The lowest BCUT2D eigenvalue weighted by molar-refractivity contribution is -0.574. The Labute approximate surface area is 368 Å². The van der Waals surface area contributed by atoms with Crippen LogP contribution in [0.15, 0.2) is 60.4 Å². The highest BCUT2D eigenvalue weighted by Crippen LogP contribution is 2.49. The van der Waals surface area contributed by atoms with Crippen molar-refractivity contribution in [1.29, 1.82) is 0 Å². The highest BCUT2D eigenvalue weighted by molar-refractivity contribution is 7.86. The lowest BCUT2D eigenvalue weighted by atomic mass is 9.71. The van der Waals surface area contributed by atoms with Crippen LogP contribution in [-0.2, 0) is 50.3 Å². The Kier molecular flexibility index (Phi) is 17.4. The van der Waals surface area contributed by atoms with Gasteiger partial charge in [0.2, 0.25) is 11.6 Å². The third-order valence-corrected chi connectivity index (χ3v) is 12.8. The summed E-state index contributed by atoms with van der Waals surface area (Å²) in [5.41, 5.74) is -2.93. The minimum Gasteiger partial charge on any atom is -0.344 e. The third kappa shape index (κ3) is 12.9. The van der Waals surface area contributed by atoms with Crippen LogP contribution >= 0.6 is 0 Å². The van der Waals surface area contributed by atoms with Crippen molar-refractivity contribution in [3.05, 3.63) is 106 Å². The van der Waals surface area contributed by atoms with Crippen LogP contribution in [0.5, 0.6) is 0 Å². The van der Waals surface area contributed by atoms with E-state index in [2.05, 4.69) is 6.58 Å². The number of carbonyl (C=O) groups is 3. The molecule has 4 rings (SSSR count). The normalized spacial score (nSPS) is 17.0. The summed E-state index contributed by atoms with van der Waals surface area (Å²) in [5.74, 6) is -12.5. The fraction of sp³-hybridized carbons (Fsp3) is 0.465. The molecule has 2 aromatic carbocycles. The molecule has 0 radical (unpaired) electrons. The molecule has 1 fully saturated rings. The molecule has 0 aromatic heterocycles. The Bertz CT molecular complexity index is 2440. The van der Waals surface area contributed by atoms with Crippen molar-refractivity contribution in [2.45, 2.75) is 102 Å². The van der Waals surface area contributed by atoms with Gasteiger partial charge in [-0.2, -0.15) is 21.2 Å². The number of hydrogen-bond acceptors (Lipinski definition) is 9. The van der Waals surface area contributed by atoms with Crippen LogP contribution < -0.4 is 10.2 Å². The van der Waals surface area contributed by atoms with E-state index < -0.39 is 107 Å². The van der Waals surface area contributed by atoms with Crippen molar-refractivity contribution in [2.24, 2.45) is 0 Å². The number of unbranched alkanes of at least 4 members (excludes halogenated alkanes) is 4. The van der Waals surface area contributed by atoms with Gasteiger partial charge in [-0.25, -0.2) is 26.7 Å². The second kappa shape index (κ2) is 21.4. The molecule has 4 N–H and O–H groups in total. The average molecular weight is 949 g/mol. The minimum atomic E-state index is -4.41. The van der Waals surface area contributed by atoms with E-state index in [1.54, 1.807) is 30.9 Å². The summed E-state index contributed by atoms with van der Waals surface area (Å²) in [5, 5.41) is 1.53. The number of carbonyl (C=O) groups excluding carboxylic acids is 3. The zero-order chi connectivity index (χ0) is 47.8. The lowest BCUT2D eigenvalue weighted by Crippen LogP contribution is -2.79. The number of allylic oxidation sites excluding steroid dienone is 7. The van der Waals surface area contributed by atoms with Gasteiger partial charge in [0.25, 0.3) is 32.1 Å². The molecule has 0 aliphatic carbocycles. The van der Waals surface area contributed by atoms with Crippen LogP contribution in [0.3, 0.4) is 0 Å². The largest absolute Gasteiger partial charge is 0.344 e. The first-order chi connectivity index (χ1) is 29.8. The Morgan fingerprint density at radius 3 is 2.08 bits per heavy atom. The molecule has 2 aromatic rings. The molecular formula is C43H52F6N3O10S2+. The molecule has 0 bridgehead atoms. The topological polar surface area (TPSA) is 192 Å². The number of amides is 2. The van der Waals surface area contributed by atoms with Crippen LogP contribution in [-0.4, -0.2) is 73.4 Å². The maximum absolute atomic E-state index is 15.9. The van der Waals surface area contributed by atoms with E-state index in [-0.39, 0.29) is 81.3 Å². The number of halogens is 6. The second-order valence-corrected chi connectivity index (χ2v) is 19.5. The minimum absolute atomic E-state index is 0.0237. The first-order valence-electron chi connectivity index (χ1n) is 20.5.